The van der Waals surface area contributed by atoms with Crippen LogP contribution in [0.5, 0.6) is 0 Å². The molecule has 0 amide bonds. The number of hydrogen-bond donors (Lipinski definition) is 0. The summed E-state index contributed by atoms with van der Waals surface area (Å²) in [5.74, 6) is 0. The van der Waals surface area contributed by atoms with Crippen LogP contribution in [0.4, 0.5) is 0 Å². The number of nitrogens with zero attached hydrogens (tertiary/aromatic N) is 2. The van der Waals surface area contributed by atoms with E-state index in [1.165, 1.54) is 27.8 Å². The van der Waals surface area contributed by atoms with E-state index in [0.29, 0.717) is 0 Å². The van der Waals surface area contributed by atoms with Crippen LogP contribution < -0.4 is 0 Å². The molecule has 6 rings (SSSR count). The fourth-order valence-corrected chi connectivity index (χ4v) is 5.02. The second-order valence-electron chi connectivity index (χ2n) is 10.7. The Morgan fingerprint density at radius 2 is 1.34 bits per heavy atom. The molecule has 2 aromatic heterocycles. The van der Waals surface area contributed by atoms with Crippen molar-refractivity contribution in [2.24, 2.45) is 0 Å². The van der Waals surface area contributed by atoms with Gasteiger partial charge in [0.2, 0.25) is 0 Å². The summed E-state index contributed by atoms with van der Waals surface area (Å²) >= 11 is 0. The summed E-state index contributed by atoms with van der Waals surface area (Å²) in [5.41, 5.74) is 10.8. The molecule has 193 valence electrons. The van der Waals surface area contributed by atoms with Gasteiger partial charge in [-0.05, 0) is 51.9 Å². The van der Waals surface area contributed by atoms with E-state index in [1.807, 2.05) is 48.7 Å². The number of aromatic nitrogens is 2. The van der Waals surface area contributed by atoms with Crippen molar-refractivity contribution in [2.75, 3.05) is 0 Å². The average molecular weight is 673 g/mol. The molecule has 1 aliphatic rings. The van der Waals surface area contributed by atoms with Crippen molar-refractivity contribution in [3.63, 3.8) is 0 Å². The van der Waals surface area contributed by atoms with Crippen molar-refractivity contribution in [3.8, 4) is 33.6 Å². The Kier molecular flexibility index (Phi) is 8.11. The van der Waals surface area contributed by atoms with Gasteiger partial charge in [-0.3, -0.25) is 0 Å². The molecule has 0 N–H and O–H groups in total. The standard InChI is InChI=1S/C24H24N.C11H8N.Ir/c1-16-10-13-22(25-15-16)17-11-12-21-19(14-17)18-8-6-7-9-20(18)23(2,3)24(21,4)5;1-2-6-10(7-3-1)11-8-4-5-9-12-11;/h6-10,12-15H,1-5H3;1-6,8-9H;/q2*-1;. The van der Waals surface area contributed by atoms with E-state index < -0.39 is 0 Å². The molecule has 0 aliphatic heterocycles. The molecule has 1 radical (unpaired) electrons. The van der Waals surface area contributed by atoms with Gasteiger partial charge < -0.3 is 9.97 Å². The van der Waals surface area contributed by atoms with Crippen LogP contribution in [0.1, 0.15) is 44.4 Å². The first-order valence-electron chi connectivity index (χ1n) is 12.8. The summed E-state index contributed by atoms with van der Waals surface area (Å²) < 4.78 is 0. The fourth-order valence-electron chi connectivity index (χ4n) is 5.02. The van der Waals surface area contributed by atoms with Gasteiger partial charge in [0.25, 0.3) is 0 Å². The molecule has 1 aliphatic carbocycles. The number of pyridine rings is 2. The normalized spacial score (nSPS) is 14.1. The smallest absolute Gasteiger partial charge is 0.0190 e. The molecule has 0 saturated carbocycles. The third kappa shape index (κ3) is 5.14. The monoisotopic (exact) mass is 673 g/mol. The zero-order chi connectivity index (χ0) is 26.0. The van der Waals surface area contributed by atoms with E-state index in [1.54, 1.807) is 6.20 Å². The van der Waals surface area contributed by atoms with E-state index in [0.717, 1.165) is 22.5 Å². The summed E-state index contributed by atoms with van der Waals surface area (Å²) in [4.78, 5) is 8.80. The number of fused-ring (bicyclic) bond motifs is 3. The molecule has 3 aromatic carbocycles. The van der Waals surface area contributed by atoms with Gasteiger partial charge in [0.15, 0.2) is 0 Å². The Labute approximate surface area is 240 Å². The molecule has 0 saturated heterocycles. The number of aryl methyl sites for hydroxylation is 1. The molecule has 3 heteroatoms. The first kappa shape index (κ1) is 27.6. The van der Waals surface area contributed by atoms with Gasteiger partial charge in [-0.25, -0.2) is 0 Å². The Morgan fingerprint density at radius 3 is 2.03 bits per heavy atom. The maximum Gasteiger partial charge on any atom is 0.0190 e. The minimum atomic E-state index is 0. The van der Waals surface area contributed by atoms with E-state index in [4.69, 9.17) is 0 Å². The van der Waals surface area contributed by atoms with Crippen LogP contribution in [0, 0.1) is 19.1 Å². The van der Waals surface area contributed by atoms with Gasteiger partial charge in [0.05, 0.1) is 0 Å². The molecule has 0 atom stereocenters. The van der Waals surface area contributed by atoms with Crippen LogP contribution in [0.25, 0.3) is 33.6 Å². The summed E-state index contributed by atoms with van der Waals surface area (Å²) in [7, 11) is 0. The largest absolute Gasteiger partial charge is 0.305 e. The molecule has 0 fully saturated rings. The van der Waals surface area contributed by atoms with Crippen molar-refractivity contribution in [1.29, 1.82) is 0 Å². The molecular formula is C35H32IrN2-2. The maximum atomic E-state index is 4.59. The van der Waals surface area contributed by atoms with Crippen LogP contribution in [0.15, 0.2) is 103 Å². The molecule has 2 nitrogen and oxygen atoms in total. The number of rotatable bonds is 2. The molecule has 5 aromatic rings. The zero-order valence-electron chi connectivity index (χ0n) is 22.5. The Bertz CT molecular complexity index is 1470. The summed E-state index contributed by atoms with van der Waals surface area (Å²) in [6, 6.07) is 37.8. The first-order valence-corrected chi connectivity index (χ1v) is 12.8. The van der Waals surface area contributed by atoms with Gasteiger partial charge >= 0.3 is 0 Å². The Hall–Kier alpha value is -3.39. The molecule has 0 bridgehead atoms. The Balaban J connectivity index is 0.000000218. The van der Waals surface area contributed by atoms with Crippen LogP contribution in [0.3, 0.4) is 0 Å². The van der Waals surface area contributed by atoms with Crippen LogP contribution in [0.2, 0.25) is 0 Å². The van der Waals surface area contributed by atoms with E-state index >= 15 is 0 Å². The van der Waals surface area contributed by atoms with Gasteiger partial charge in [0, 0.05) is 32.5 Å². The van der Waals surface area contributed by atoms with E-state index in [9.17, 15) is 0 Å². The summed E-state index contributed by atoms with van der Waals surface area (Å²) in [6.45, 7) is 11.5. The first-order chi connectivity index (χ1) is 17.8. The third-order valence-corrected chi connectivity index (χ3v) is 7.91. The zero-order valence-corrected chi connectivity index (χ0v) is 24.9. The SMILES string of the molecule is Cc1ccc(-c2[c-]cc3c(c2)-c2ccccc2C(C)(C)C3(C)C)nc1.[Ir].[c-]1ccccc1-c1ccccn1. The quantitative estimate of drug-likeness (QED) is 0.176. The second-order valence-corrected chi connectivity index (χ2v) is 10.7. The van der Waals surface area contributed by atoms with E-state index in [2.05, 4.69) is 105 Å². The van der Waals surface area contributed by atoms with Crippen LogP contribution >= 0.6 is 0 Å². The predicted octanol–water partition coefficient (Wildman–Crippen LogP) is 8.64. The summed E-state index contributed by atoms with van der Waals surface area (Å²) in [6.07, 6.45) is 3.71. The summed E-state index contributed by atoms with van der Waals surface area (Å²) in [5, 5.41) is 0. The molecule has 0 unspecified atom stereocenters. The Morgan fingerprint density at radius 1 is 0.632 bits per heavy atom. The molecule has 38 heavy (non-hydrogen) atoms. The van der Waals surface area contributed by atoms with Gasteiger partial charge in [-0.15, -0.1) is 65.2 Å². The van der Waals surface area contributed by atoms with Gasteiger partial charge in [-0.2, -0.15) is 0 Å². The molecule has 0 spiro atoms. The maximum absolute atomic E-state index is 4.59. The number of hydrogen-bond acceptors (Lipinski definition) is 2. The van der Waals surface area contributed by atoms with Crippen molar-refractivity contribution >= 4 is 0 Å². The van der Waals surface area contributed by atoms with Gasteiger partial charge in [-0.1, -0.05) is 81.8 Å². The minimum absolute atomic E-state index is 0. The van der Waals surface area contributed by atoms with Crippen molar-refractivity contribution in [2.45, 2.75) is 45.4 Å². The van der Waals surface area contributed by atoms with Gasteiger partial charge in [0.1, 0.15) is 0 Å². The van der Waals surface area contributed by atoms with Crippen LogP contribution in [-0.4, -0.2) is 9.97 Å². The molecule has 2 heterocycles. The predicted molar refractivity (Wildman–Crippen MR) is 153 cm³/mol. The van der Waals surface area contributed by atoms with Crippen LogP contribution in [-0.2, 0) is 30.9 Å². The third-order valence-electron chi connectivity index (χ3n) is 7.91. The fraction of sp³-hybridized carbons (Fsp3) is 0.200. The molecular weight excluding hydrogens is 641 g/mol. The van der Waals surface area contributed by atoms with Crippen molar-refractivity contribution < 1.29 is 20.1 Å². The minimum Gasteiger partial charge on any atom is -0.305 e. The second kappa shape index (κ2) is 11.2. The van der Waals surface area contributed by atoms with Crippen molar-refractivity contribution in [3.05, 3.63) is 132 Å². The topological polar surface area (TPSA) is 25.8 Å². The average Bonchev–Trinajstić information content (AvgIpc) is 2.94. The number of benzene rings is 3. The van der Waals surface area contributed by atoms with Crippen molar-refractivity contribution in [1.82, 2.24) is 9.97 Å². The van der Waals surface area contributed by atoms with E-state index in [-0.39, 0.29) is 30.9 Å².